The van der Waals surface area contributed by atoms with Crippen molar-refractivity contribution in [3.63, 3.8) is 0 Å². The monoisotopic (exact) mass is 427 g/mol. The molecule has 0 saturated carbocycles. The van der Waals surface area contributed by atoms with Crippen molar-refractivity contribution in [1.82, 2.24) is 14.8 Å². The van der Waals surface area contributed by atoms with Crippen LogP contribution < -0.4 is 0 Å². The molecular weight excluding hydrogens is 421 g/mol. The molecule has 102 valence electrons. The molecule has 0 atom stereocenters. The number of halogens is 3. The van der Waals surface area contributed by atoms with Gasteiger partial charge in [-0.05, 0) is 25.1 Å². The van der Waals surface area contributed by atoms with Crippen molar-refractivity contribution in [3.05, 3.63) is 27.1 Å². The predicted molar refractivity (Wildman–Crippen MR) is 79.6 cm³/mol. The molecule has 0 aliphatic rings. The van der Waals surface area contributed by atoms with E-state index >= 15 is 0 Å². The molecule has 0 aliphatic heterocycles. The largest absolute Gasteiger partial charge is 0.297 e. The van der Waals surface area contributed by atoms with Crippen LogP contribution in [0.4, 0.5) is 0 Å². The minimum absolute atomic E-state index is 0.247. The molecule has 1 aromatic heterocycles. The Morgan fingerprint density at radius 2 is 1.79 bits per heavy atom. The van der Waals surface area contributed by atoms with Gasteiger partial charge < -0.3 is 0 Å². The number of benzene rings is 1. The molecule has 0 saturated heterocycles. The molecule has 0 amide bonds. The van der Waals surface area contributed by atoms with Gasteiger partial charge in [0.15, 0.2) is 5.82 Å². The van der Waals surface area contributed by atoms with Gasteiger partial charge in [0, 0.05) is 31.7 Å². The zero-order chi connectivity index (χ0) is 14.2. The number of nitrogens with zero attached hydrogens (tertiary/aromatic N) is 3. The van der Waals surface area contributed by atoms with Gasteiger partial charge in [-0.1, -0.05) is 31.9 Å². The lowest BCUT2D eigenvalue weighted by Crippen LogP contribution is -2.06. The summed E-state index contributed by atoms with van der Waals surface area (Å²) in [4.78, 5) is 0. The third-order valence-corrected chi connectivity index (χ3v) is 4.44. The second-order valence-electron chi connectivity index (χ2n) is 3.65. The minimum Gasteiger partial charge on any atom is -0.297 e. The van der Waals surface area contributed by atoms with E-state index in [9.17, 15) is 8.42 Å². The summed E-state index contributed by atoms with van der Waals surface area (Å²) in [5, 5.41) is 7.32. The summed E-state index contributed by atoms with van der Waals surface area (Å²) >= 11 is 6.74. The van der Waals surface area contributed by atoms with Crippen molar-refractivity contribution in [2.75, 3.05) is 0 Å². The normalized spacial score (nSPS) is 11.8. The van der Waals surface area contributed by atoms with Crippen LogP contribution in [-0.2, 0) is 15.6 Å². The Hall–Kier alpha value is -0.440. The molecule has 1 aromatic carbocycles. The smallest absolute Gasteiger partial charge is 0.296 e. The van der Waals surface area contributed by atoms with E-state index in [0.29, 0.717) is 12.4 Å². The standard InChI is InChI=1S/C10H8Br2ClN3O2S/c1-2-16-9(14-15-10(16)19(13,17)18)6-3-7(11)5-8(12)4-6/h3-5H,2H2,1H3. The molecule has 0 fully saturated rings. The van der Waals surface area contributed by atoms with E-state index in [0.717, 1.165) is 14.5 Å². The lowest BCUT2D eigenvalue weighted by molar-refractivity contribution is 0.583. The average Bonchev–Trinajstić information content (AvgIpc) is 2.70. The van der Waals surface area contributed by atoms with Gasteiger partial charge in [0.2, 0.25) is 0 Å². The topological polar surface area (TPSA) is 64.8 Å². The van der Waals surface area contributed by atoms with Crippen LogP contribution in [0.3, 0.4) is 0 Å². The fourth-order valence-corrected chi connectivity index (χ4v) is 3.90. The Labute approximate surface area is 131 Å². The maximum atomic E-state index is 11.4. The summed E-state index contributed by atoms with van der Waals surface area (Å²) in [7, 11) is 1.42. The van der Waals surface area contributed by atoms with Crippen molar-refractivity contribution >= 4 is 51.6 Å². The Kier molecular flexibility index (Phi) is 4.34. The molecule has 1 heterocycles. The predicted octanol–water partition coefficient (Wildman–Crippen LogP) is 3.42. The Morgan fingerprint density at radius 3 is 2.26 bits per heavy atom. The summed E-state index contributed by atoms with van der Waals surface area (Å²) < 4.78 is 26.0. The van der Waals surface area contributed by atoms with E-state index in [2.05, 4.69) is 42.1 Å². The Balaban J connectivity index is 2.67. The van der Waals surface area contributed by atoms with E-state index in [-0.39, 0.29) is 5.16 Å². The Bertz CT molecular complexity index is 710. The van der Waals surface area contributed by atoms with Crippen molar-refractivity contribution in [2.24, 2.45) is 0 Å². The number of aromatic nitrogens is 3. The molecule has 0 spiro atoms. The zero-order valence-electron chi connectivity index (χ0n) is 9.64. The molecule has 5 nitrogen and oxygen atoms in total. The molecule has 19 heavy (non-hydrogen) atoms. The van der Waals surface area contributed by atoms with Crippen molar-refractivity contribution < 1.29 is 8.42 Å². The second kappa shape index (κ2) is 5.51. The first-order valence-electron chi connectivity index (χ1n) is 5.17. The van der Waals surface area contributed by atoms with Gasteiger partial charge in [-0.2, -0.15) is 0 Å². The summed E-state index contributed by atoms with van der Waals surface area (Å²) in [6.07, 6.45) is 0. The van der Waals surface area contributed by atoms with E-state index in [1.165, 1.54) is 4.57 Å². The fraction of sp³-hybridized carbons (Fsp3) is 0.200. The molecular formula is C10H8Br2ClN3O2S. The van der Waals surface area contributed by atoms with Gasteiger partial charge in [0.1, 0.15) is 0 Å². The van der Waals surface area contributed by atoms with Crippen LogP contribution >= 0.6 is 42.5 Å². The maximum absolute atomic E-state index is 11.4. The first-order valence-corrected chi connectivity index (χ1v) is 9.06. The second-order valence-corrected chi connectivity index (χ2v) is 7.94. The first-order chi connectivity index (χ1) is 8.82. The molecule has 2 aromatic rings. The maximum Gasteiger partial charge on any atom is 0.296 e. The van der Waals surface area contributed by atoms with Crippen LogP contribution in [0, 0.1) is 0 Å². The highest BCUT2D eigenvalue weighted by Gasteiger charge is 2.22. The van der Waals surface area contributed by atoms with Crippen molar-refractivity contribution in [3.8, 4) is 11.4 Å². The third-order valence-electron chi connectivity index (χ3n) is 2.37. The summed E-state index contributed by atoms with van der Waals surface area (Å²) in [6, 6.07) is 5.52. The van der Waals surface area contributed by atoms with E-state index < -0.39 is 9.05 Å². The quantitative estimate of drug-likeness (QED) is 0.702. The molecule has 0 N–H and O–H groups in total. The Morgan fingerprint density at radius 1 is 1.21 bits per heavy atom. The number of hydrogen-bond donors (Lipinski definition) is 0. The van der Waals surface area contributed by atoms with Crippen LogP contribution in [0.25, 0.3) is 11.4 Å². The zero-order valence-corrected chi connectivity index (χ0v) is 14.4. The van der Waals surface area contributed by atoms with Crippen LogP contribution in [0.2, 0.25) is 0 Å². The van der Waals surface area contributed by atoms with E-state index in [4.69, 9.17) is 10.7 Å². The van der Waals surface area contributed by atoms with Crippen molar-refractivity contribution in [1.29, 1.82) is 0 Å². The molecule has 0 bridgehead atoms. The molecule has 0 unspecified atom stereocenters. The SMILES string of the molecule is CCn1c(-c2cc(Br)cc(Br)c2)nnc1S(=O)(=O)Cl. The molecule has 0 radical (unpaired) electrons. The van der Waals surface area contributed by atoms with E-state index in [1.807, 2.05) is 18.2 Å². The highest BCUT2D eigenvalue weighted by atomic mass is 79.9. The van der Waals surface area contributed by atoms with Gasteiger partial charge in [-0.25, -0.2) is 8.42 Å². The van der Waals surface area contributed by atoms with Crippen LogP contribution in [-0.4, -0.2) is 23.2 Å². The lowest BCUT2D eigenvalue weighted by Gasteiger charge is -2.06. The molecule has 2 rings (SSSR count). The van der Waals surface area contributed by atoms with Crippen LogP contribution in [0.15, 0.2) is 32.3 Å². The average molecular weight is 430 g/mol. The van der Waals surface area contributed by atoms with Gasteiger partial charge >= 0.3 is 0 Å². The van der Waals surface area contributed by atoms with Gasteiger partial charge in [-0.15, -0.1) is 10.2 Å². The minimum atomic E-state index is -3.91. The summed E-state index contributed by atoms with van der Waals surface area (Å²) in [6.45, 7) is 2.19. The number of rotatable bonds is 3. The van der Waals surface area contributed by atoms with Crippen LogP contribution in [0.1, 0.15) is 6.92 Å². The first kappa shape index (κ1) is 15.0. The molecule has 0 aliphatic carbocycles. The lowest BCUT2D eigenvalue weighted by atomic mass is 10.2. The van der Waals surface area contributed by atoms with Crippen molar-refractivity contribution in [2.45, 2.75) is 18.6 Å². The third kappa shape index (κ3) is 3.18. The summed E-state index contributed by atoms with van der Waals surface area (Å²) in [5.41, 5.74) is 0.738. The highest BCUT2D eigenvalue weighted by Crippen LogP contribution is 2.28. The summed E-state index contributed by atoms with van der Waals surface area (Å²) in [5.74, 6) is 0.448. The van der Waals surface area contributed by atoms with Gasteiger partial charge in [-0.3, -0.25) is 4.57 Å². The van der Waals surface area contributed by atoms with Gasteiger partial charge in [0.05, 0.1) is 0 Å². The number of hydrogen-bond acceptors (Lipinski definition) is 4. The van der Waals surface area contributed by atoms with E-state index in [1.54, 1.807) is 6.92 Å². The molecule has 9 heteroatoms. The highest BCUT2D eigenvalue weighted by molar-refractivity contribution is 9.11. The van der Waals surface area contributed by atoms with Gasteiger partial charge in [0.25, 0.3) is 14.2 Å². The fourth-order valence-electron chi connectivity index (χ4n) is 1.65. The van der Waals surface area contributed by atoms with Crippen LogP contribution in [0.5, 0.6) is 0 Å².